The van der Waals surface area contributed by atoms with E-state index in [0.29, 0.717) is 11.6 Å². The Morgan fingerprint density at radius 1 is 1.24 bits per heavy atom. The highest BCUT2D eigenvalue weighted by molar-refractivity contribution is 5.92. The summed E-state index contributed by atoms with van der Waals surface area (Å²) in [6, 6.07) is 7.80. The fraction of sp³-hybridized carbons (Fsp3) is 0.562. The second kappa shape index (κ2) is 7.54. The Morgan fingerprint density at radius 3 is 2.33 bits per heavy atom. The second-order valence-corrected chi connectivity index (χ2v) is 5.62. The van der Waals surface area contributed by atoms with E-state index in [4.69, 9.17) is 5.73 Å². The lowest BCUT2D eigenvalue weighted by molar-refractivity contribution is 0.0608. The molecule has 0 radical (unpaired) electrons. The van der Waals surface area contributed by atoms with E-state index >= 15 is 0 Å². The topological polar surface area (TPSA) is 69.8 Å². The van der Waals surface area contributed by atoms with Crippen molar-refractivity contribution in [2.45, 2.75) is 25.9 Å². The van der Waals surface area contributed by atoms with E-state index in [1.165, 1.54) is 5.56 Å². The zero-order valence-corrected chi connectivity index (χ0v) is 12.7. The molecule has 2 rings (SSSR count). The number of aliphatic hydroxyl groups is 1. The van der Waals surface area contributed by atoms with Crippen LogP contribution in [0.4, 0.5) is 0 Å². The lowest BCUT2D eigenvalue weighted by atomic mass is 10.1. The van der Waals surface area contributed by atoms with Crippen LogP contribution in [0.15, 0.2) is 24.3 Å². The van der Waals surface area contributed by atoms with Crippen LogP contribution < -0.4 is 5.73 Å². The molecule has 0 aliphatic carbocycles. The molecule has 116 valence electrons. The number of nitrogens with zero attached hydrogens (tertiary/aromatic N) is 2. The molecule has 1 fully saturated rings. The number of amides is 1. The summed E-state index contributed by atoms with van der Waals surface area (Å²) < 4.78 is 0. The number of carbonyl (C=O) groups excluding carboxylic acids is 1. The number of carbonyl (C=O) groups is 1. The van der Waals surface area contributed by atoms with Crippen LogP contribution in [0.5, 0.6) is 0 Å². The van der Waals surface area contributed by atoms with Crippen LogP contribution in [0.3, 0.4) is 0 Å². The van der Waals surface area contributed by atoms with Gasteiger partial charge in [-0.3, -0.25) is 14.6 Å². The minimum atomic E-state index is -0.384. The molecular formula is C16H25N3O2. The summed E-state index contributed by atoms with van der Waals surface area (Å²) >= 11 is 0. The molecule has 1 aliphatic heterocycles. The zero-order valence-electron chi connectivity index (χ0n) is 12.7. The van der Waals surface area contributed by atoms with Crippen molar-refractivity contribution in [2.75, 3.05) is 32.8 Å². The average molecular weight is 291 g/mol. The Hall–Kier alpha value is -1.43. The number of hydrogen-bond donors (Lipinski definition) is 2. The van der Waals surface area contributed by atoms with E-state index in [0.717, 1.165) is 39.1 Å². The van der Waals surface area contributed by atoms with E-state index in [2.05, 4.69) is 16.7 Å². The van der Waals surface area contributed by atoms with Crippen LogP contribution in [0, 0.1) is 0 Å². The molecule has 0 saturated carbocycles. The highest BCUT2D eigenvalue weighted by Gasteiger charge is 2.22. The van der Waals surface area contributed by atoms with Gasteiger partial charge in [0.15, 0.2) is 0 Å². The van der Waals surface area contributed by atoms with E-state index < -0.39 is 0 Å². The van der Waals surface area contributed by atoms with E-state index in [9.17, 15) is 9.90 Å². The van der Waals surface area contributed by atoms with Gasteiger partial charge in [-0.15, -0.1) is 0 Å². The molecule has 1 aromatic carbocycles. The molecule has 0 aromatic heterocycles. The van der Waals surface area contributed by atoms with Crippen LogP contribution in [0.2, 0.25) is 0 Å². The minimum Gasteiger partial charge on any atom is -0.395 e. The molecule has 3 N–H and O–H groups in total. The van der Waals surface area contributed by atoms with E-state index in [1.54, 1.807) is 12.1 Å². The normalized spacial score (nSPS) is 18.6. The SMILES string of the molecule is CCC(CO)N1CCN(Cc2ccc(C(N)=O)cc2)CC1. The third kappa shape index (κ3) is 4.27. The lowest BCUT2D eigenvalue weighted by Crippen LogP contribution is -2.50. The third-order valence-corrected chi connectivity index (χ3v) is 4.25. The summed E-state index contributed by atoms with van der Waals surface area (Å²) in [6.45, 7) is 7.26. The third-order valence-electron chi connectivity index (χ3n) is 4.25. The average Bonchev–Trinajstić information content (AvgIpc) is 2.51. The van der Waals surface area contributed by atoms with Gasteiger partial charge in [0.1, 0.15) is 0 Å². The molecule has 0 spiro atoms. The first kappa shape index (κ1) is 15.9. The summed E-state index contributed by atoms with van der Waals surface area (Å²) in [7, 11) is 0. The number of primary amides is 1. The van der Waals surface area contributed by atoms with Gasteiger partial charge in [0, 0.05) is 44.3 Å². The quantitative estimate of drug-likeness (QED) is 0.808. The predicted molar refractivity (Wildman–Crippen MR) is 83.0 cm³/mol. The van der Waals surface area contributed by atoms with Crippen LogP contribution in [-0.4, -0.2) is 59.6 Å². The summed E-state index contributed by atoms with van der Waals surface area (Å²) in [5.41, 5.74) is 6.99. The molecular weight excluding hydrogens is 266 g/mol. The molecule has 1 saturated heterocycles. The maximum absolute atomic E-state index is 11.0. The second-order valence-electron chi connectivity index (χ2n) is 5.62. The highest BCUT2D eigenvalue weighted by atomic mass is 16.3. The molecule has 5 nitrogen and oxygen atoms in total. The van der Waals surface area contributed by atoms with Crippen molar-refractivity contribution < 1.29 is 9.90 Å². The summed E-state index contributed by atoms with van der Waals surface area (Å²) in [5, 5.41) is 9.36. The molecule has 1 atom stereocenters. The first-order chi connectivity index (χ1) is 10.1. The Morgan fingerprint density at radius 2 is 1.86 bits per heavy atom. The number of hydrogen-bond acceptors (Lipinski definition) is 4. The lowest BCUT2D eigenvalue weighted by Gasteiger charge is -2.38. The van der Waals surface area contributed by atoms with Crippen molar-refractivity contribution in [2.24, 2.45) is 5.73 Å². The van der Waals surface area contributed by atoms with Crippen molar-refractivity contribution >= 4 is 5.91 Å². The van der Waals surface area contributed by atoms with Gasteiger partial charge in [-0.1, -0.05) is 19.1 Å². The predicted octanol–water partition coefficient (Wildman–Crippen LogP) is 0.674. The molecule has 21 heavy (non-hydrogen) atoms. The van der Waals surface area contributed by atoms with Crippen LogP contribution in [-0.2, 0) is 6.54 Å². The smallest absolute Gasteiger partial charge is 0.248 e. The molecule has 0 bridgehead atoms. The van der Waals surface area contributed by atoms with Crippen LogP contribution >= 0.6 is 0 Å². The summed E-state index contributed by atoms with van der Waals surface area (Å²) in [4.78, 5) is 15.8. The Bertz CT molecular complexity index is 449. The molecule has 1 aliphatic rings. The first-order valence-corrected chi connectivity index (χ1v) is 7.60. The minimum absolute atomic E-state index is 0.241. The highest BCUT2D eigenvalue weighted by Crippen LogP contribution is 2.12. The Labute approximate surface area is 126 Å². The van der Waals surface area contributed by atoms with Gasteiger partial charge in [-0.05, 0) is 24.1 Å². The first-order valence-electron chi connectivity index (χ1n) is 7.60. The molecule has 5 heteroatoms. The Kier molecular flexibility index (Phi) is 5.73. The van der Waals surface area contributed by atoms with Gasteiger partial charge in [-0.25, -0.2) is 0 Å². The van der Waals surface area contributed by atoms with E-state index in [-0.39, 0.29) is 12.5 Å². The number of aliphatic hydroxyl groups excluding tert-OH is 1. The monoisotopic (exact) mass is 291 g/mol. The van der Waals surface area contributed by atoms with Crippen molar-refractivity contribution in [3.05, 3.63) is 35.4 Å². The molecule has 1 unspecified atom stereocenters. The van der Waals surface area contributed by atoms with E-state index in [1.807, 2.05) is 12.1 Å². The zero-order chi connectivity index (χ0) is 15.2. The van der Waals surface area contributed by atoms with Gasteiger partial charge in [-0.2, -0.15) is 0 Å². The van der Waals surface area contributed by atoms with Gasteiger partial charge in [0.25, 0.3) is 0 Å². The van der Waals surface area contributed by atoms with Crippen molar-refractivity contribution in [1.29, 1.82) is 0 Å². The maximum Gasteiger partial charge on any atom is 0.248 e. The van der Waals surface area contributed by atoms with Crippen molar-refractivity contribution in [3.63, 3.8) is 0 Å². The fourth-order valence-electron chi connectivity index (χ4n) is 2.82. The van der Waals surface area contributed by atoms with Gasteiger partial charge in [0.2, 0.25) is 5.91 Å². The maximum atomic E-state index is 11.0. The molecule has 1 heterocycles. The molecule has 1 amide bonds. The summed E-state index contributed by atoms with van der Waals surface area (Å²) in [6.07, 6.45) is 0.991. The van der Waals surface area contributed by atoms with Crippen molar-refractivity contribution in [1.82, 2.24) is 9.80 Å². The molecule has 1 aromatic rings. The van der Waals surface area contributed by atoms with Crippen molar-refractivity contribution in [3.8, 4) is 0 Å². The number of piperazine rings is 1. The number of nitrogens with two attached hydrogens (primary N) is 1. The Balaban J connectivity index is 1.84. The fourth-order valence-corrected chi connectivity index (χ4v) is 2.82. The number of benzene rings is 1. The largest absolute Gasteiger partial charge is 0.395 e. The number of rotatable bonds is 6. The van der Waals surface area contributed by atoms with Crippen LogP contribution in [0.1, 0.15) is 29.3 Å². The summed E-state index contributed by atoms with van der Waals surface area (Å²) in [5.74, 6) is -0.384. The van der Waals surface area contributed by atoms with Gasteiger partial charge < -0.3 is 10.8 Å². The van der Waals surface area contributed by atoms with Gasteiger partial charge in [0.05, 0.1) is 6.61 Å². The standard InChI is InChI=1S/C16H25N3O2/c1-2-15(12-20)19-9-7-18(8-10-19)11-13-3-5-14(6-4-13)16(17)21/h3-6,15,20H,2,7-12H2,1H3,(H2,17,21). The van der Waals surface area contributed by atoms with Gasteiger partial charge >= 0.3 is 0 Å². The van der Waals surface area contributed by atoms with Crippen LogP contribution in [0.25, 0.3) is 0 Å².